The number of ether oxygens (including phenoxy) is 1. The van der Waals surface area contributed by atoms with Crippen molar-refractivity contribution < 1.29 is 13.2 Å². The lowest BCUT2D eigenvalue weighted by Crippen LogP contribution is -2.30. The highest BCUT2D eigenvalue weighted by Gasteiger charge is 2.33. The summed E-state index contributed by atoms with van der Waals surface area (Å²) in [5, 5.41) is 0.654. The predicted molar refractivity (Wildman–Crippen MR) is 80.3 cm³/mol. The van der Waals surface area contributed by atoms with Crippen LogP contribution in [0.3, 0.4) is 0 Å². The number of nitrogen functional groups attached to an aromatic ring is 1. The van der Waals surface area contributed by atoms with E-state index >= 15 is 0 Å². The van der Waals surface area contributed by atoms with Crippen LogP contribution in [-0.2, 0) is 14.8 Å². The van der Waals surface area contributed by atoms with Crippen LogP contribution in [0.5, 0.6) is 0 Å². The van der Waals surface area contributed by atoms with Crippen molar-refractivity contribution in [3.05, 3.63) is 30.5 Å². The van der Waals surface area contributed by atoms with E-state index in [2.05, 4.69) is 4.98 Å². The van der Waals surface area contributed by atoms with Crippen LogP contribution in [0.4, 0.5) is 5.69 Å². The number of hydrogen-bond acceptors (Lipinski definition) is 5. The second-order valence-corrected chi connectivity index (χ2v) is 6.97. The normalized spacial score (nSPS) is 20.1. The third-order valence-corrected chi connectivity index (χ3v) is 5.72. The van der Waals surface area contributed by atoms with Gasteiger partial charge in [-0.1, -0.05) is 0 Å². The van der Waals surface area contributed by atoms with E-state index in [1.165, 1.54) is 10.4 Å². The van der Waals surface area contributed by atoms with Gasteiger partial charge in [0.1, 0.15) is 4.90 Å². The number of nitrogens with two attached hydrogens (primary N) is 1. The van der Waals surface area contributed by atoms with Crippen molar-refractivity contribution in [2.45, 2.75) is 17.4 Å². The van der Waals surface area contributed by atoms with Crippen LogP contribution in [0.2, 0.25) is 0 Å². The number of rotatable bonds is 3. The molecule has 1 atom stereocenters. The fourth-order valence-electron chi connectivity index (χ4n) is 2.62. The summed E-state index contributed by atoms with van der Waals surface area (Å²) in [5.41, 5.74) is 6.83. The third-order valence-electron chi connectivity index (χ3n) is 3.83. The molecule has 7 heteroatoms. The summed E-state index contributed by atoms with van der Waals surface area (Å²) in [7, 11) is -1.99. The van der Waals surface area contributed by atoms with Crippen molar-refractivity contribution in [2.75, 3.05) is 25.9 Å². The van der Waals surface area contributed by atoms with Gasteiger partial charge in [-0.2, -0.15) is 4.31 Å². The molecule has 0 aliphatic carbocycles. The molecule has 6 nitrogen and oxygen atoms in total. The van der Waals surface area contributed by atoms with Crippen molar-refractivity contribution in [2.24, 2.45) is 0 Å². The highest BCUT2D eigenvalue weighted by molar-refractivity contribution is 7.89. The van der Waals surface area contributed by atoms with E-state index in [9.17, 15) is 8.42 Å². The molecule has 1 unspecified atom stereocenters. The highest BCUT2D eigenvalue weighted by Crippen LogP contribution is 2.29. The zero-order valence-corrected chi connectivity index (χ0v) is 12.5. The third kappa shape index (κ3) is 2.37. The monoisotopic (exact) mass is 307 g/mol. The Hall–Kier alpha value is -1.70. The summed E-state index contributed by atoms with van der Waals surface area (Å²) in [6, 6.07) is 6.66. The van der Waals surface area contributed by atoms with Gasteiger partial charge in [0, 0.05) is 37.5 Å². The molecule has 2 N–H and O–H groups in total. The quantitative estimate of drug-likeness (QED) is 0.862. The minimum Gasteiger partial charge on any atom is -0.398 e. The molecule has 1 aliphatic rings. The molecule has 0 spiro atoms. The molecule has 1 saturated heterocycles. The Morgan fingerprint density at radius 1 is 1.38 bits per heavy atom. The highest BCUT2D eigenvalue weighted by atomic mass is 32.2. The number of methoxy groups -OCH3 is 1. The van der Waals surface area contributed by atoms with Gasteiger partial charge in [0.05, 0.1) is 11.6 Å². The van der Waals surface area contributed by atoms with Gasteiger partial charge in [-0.15, -0.1) is 0 Å². The van der Waals surface area contributed by atoms with Gasteiger partial charge in [-0.3, -0.25) is 4.98 Å². The lowest BCUT2D eigenvalue weighted by Gasteiger charge is -2.17. The first-order chi connectivity index (χ1) is 10.0. The molecule has 112 valence electrons. The van der Waals surface area contributed by atoms with Crippen molar-refractivity contribution >= 4 is 26.6 Å². The zero-order valence-electron chi connectivity index (χ0n) is 11.7. The lowest BCUT2D eigenvalue weighted by atomic mass is 10.2. The fraction of sp³-hybridized carbons (Fsp3) is 0.357. The first kappa shape index (κ1) is 14.2. The molecule has 21 heavy (non-hydrogen) atoms. The number of pyridine rings is 1. The number of fused-ring (bicyclic) bond motifs is 1. The summed E-state index contributed by atoms with van der Waals surface area (Å²) in [6.45, 7) is 0.830. The number of sulfonamides is 1. The zero-order chi connectivity index (χ0) is 15.0. The van der Waals surface area contributed by atoms with E-state index in [0.29, 0.717) is 36.1 Å². The van der Waals surface area contributed by atoms with Crippen LogP contribution in [0.1, 0.15) is 6.42 Å². The van der Waals surface area contributed by atoms with E-state index < -0.39 is 10.0 Å². The van der Waals surface area contributed by atoms with Gasteiger partial charge < -0.3 is 10.5 Å². The molecule has 0 bridgehead atoms. The number of nitrogens with zero attached hydrogens (tertiary/aromatic N) is 2. The average molecular weight is 307 g/mol. The molecule has 0 radical (unpaired) electrons. The smallest absolute Gasteiger partial charge is 0.245 e. The SMILES string of the molecule is COC1CCN(S(=O)(=O)c2ccc(N)c3cccnc23)C1. The standard InChI is InChI=1S/C14H17N3O3S/c1-20-10-6-8-17(9-10)21(18,19)13-5-4-12(15)11-3-2-7-16-14(11)13/h2-5,7,10H,6,8-9,15H2,1H3. The number of hydrogen-bond donors (Lipinski definition) is 1. The summed E-state index contributed by atoms with van der Waals surface area (Å²) >= 11 is 0. The van der Waals surface area contributed by atoms with E-state index in [4.69, 9.17) is 10.5 Å². The first-order valence-electron chi connectivity index (χ1n) is 6.70. The summed E-state index contributed by atoms with van der Waals surface area (Å²) in [5.74, 6) is 0. The summed E-state index contributed by atoms with van der Waals surface area (Å²) in [6.07, 6.45) is 2.23. The predicted octanol–water partition coefficient (Wildman–Crippen LogP) is 1.23. The first-order valence-corrected chi connectivity index (χ1v) is 8.14. The molecule has 1 aromatic carbocycles. The molecule has 2 heterocycles. The Morgan fingerprint density at radius 3 is 2.90 bits per heavy atom. The Kier molecular flexibility index (Phi) is 3.56. The van der Waals surface area contributed by atoms with Crippen LogP contribution >= 0.6 is 0 Å². The second kappa shape index (κ2) is 5.25. The molecule has 1 aromatic heterocycles. The van der Waals surface area contributed by atoms with Gasteiger partial charge in [0.25, 0.3) is 0 Å². The van der Waals surface area contributed by atoms with Gasteiger partial charge in [-0.05, 0) is 30.7 Å². The van der Waals surface area contributed by atoms with Crippen LogP contribution in [0, 0.1) is 0 Å². The van der Waals surface area contributed by atoms with Crippen LogP contribution in [0.25, 0.3) is 10.9 Å². The Bertz CT molecular complexity index is 776. The molecule has 0 saturated carbocycles. The maximum absolute atomic E-state index is 12.8. The van der Waals surface area contributed by atoms with E-state index in [0.717, 1.165) is 0 Å². The van der Waals surface area contributed by atoms with Crippen molar-refractivity contribution in [3.63, 3.8) is 0 Å². The van der Waals surface area contributed by atoms with Crippen LogP contribution in [0.15, 0.2) is 35.4 Å². The topological polar surface area (TPSA) is 85.5 Å². The minimum atomic E-state index is -3.59. The minimum absolute atomic E-state index is 0.0484. The molecular formula is C14H17N3O3S. The average Bonchev–Trinajstić information content (AvgIpc) is 2.97. The Labute approximate surface area is 123 Å². The molecule has 1 fully saturated rings. The van der Waals surface area contributed by atoms with E-state index in [-0.39, 0.29) is 11.0 Å². The van der Waals surface area contributed by atoms with E-state index in [1.54, 1.807) is 31.5 Å². The maximum atomic E-state index is 12.8. The number of aromatic nitrogens is 1. The Balaban J connectivity index is 2.10. The van der Waals surface area contributed by atoms with Crippen LogP contribution < -0.4 is 5.73 Å². The molecule has 3 rings (SSSR count). The van der Waals surface area contributed by atoms with Crippen molar-refractivity contribution in [1.82, 2.24) is 9.29 Å². The molecule has 0 amide bonds. The fourth-order valence-corrected chi connectivity index (χ4v) is 4.26. The summed E-state index contributed by atoms with van der Waals surface area (Å²) in [4.78, 5) is 4.40. The van der Waals surface area contributed by atoms with Crippen molar-refractivity contribution in [1.29, 1.82) is 0 Å². The second-order valence-electron chi connectivity index (χ2n) is 5.06. The van der Waals surface area contributed by atoms with Gasteiger partial charge in [0.15, 0.2) is 0 Å². The molecule has 2 aromatic rings. The van der Waals surface area contributed by atoms with Crippen molar-refractivity contribution in [3.8, 4) is 0 Å². The van der Waals surface area contributed by atoms with Gasteiger partial charge >= 0.3 is 0 Å². The maximum Gasteiger partial charge on any atom is 0.245 e. The van der Waals surface area contributed by atoms with Gasteiger partial charge in [0.2, 0.25) is 10.0 Å². The number of benzene rings is 1. The molecular weight excluding hydrogens is 290 g/mol. The largest absolute Gasteiger partial charge is 0.398 e. The van der Waals surface area contributed by atoms with E-state index in [1.807, 2.05) is 0 Å². The lowest BCUT2D eigenvalue weighted by molar-refractivity contribution is 0.115. The number of anilines is 1. The molecule has 1 aliphatic heterocycles. The van der Waals surface area contributed by atoms with Crippen LogP contribution in [-0.4, -0.2) is 44.0 Å². The summed E-state index contributed by atoms with van der Waals surface area (Å²) < 4.78 is 32.3. The van der Waals surface area contributed by atoms with Gasteiger partial charge in [-0.25, -0.2) is 8.42 Å². The Morgan fingerprint density at radius 2 is 2.19 bits per heavy atom.